The van der Waals surface area contributed by atoms with E-state index in [0.29, 0.717) is 6.07 Å². The molecule has 0 saturated heterocycles. The van der Waals surface area contributed by atoms with E-state index in [0.717, 1.165) is 40.4 Å². The second-order valence-corrected chi connectivity index (χ2v) is 11.8. The Hall–Kier alpha value is -3.78. The van der Waals surface area contributed by atoms with E-state index in [2.05, 4.69) is 10.0 Å². The topological polar surface area (TPSA) is 122 Å². The predicted octanol–water partition coefficient (Wildman–Crippen LogP) is 4.23. The number of benzene rings is 3. The number of alkyl halides is 3. The molecule has 0 unspecified atom stereocenters. The molecule has 38 heavy (non-hydrogen) atoms. The number of amides is 1. The van der Waals surface area contributed by atoms with Gasteiger partial charge in [0.25, 0.3) is 10.0 Å². The van der Waals surface area contributed by atoms with Crippen molar-refractivity contribution in [3.05, 3.63) is 77.9 Å². The van der Waals surface area contributed by atoms with Crippen molar-refractivity contribution in [2.45, 2.75) is 18.0 Å². The normalized spacial score (nSPS) is 12.1. The molecule has 0 atom stereocenters. The van der Waals surface area contributed by atoms with Gasteiger partial charge < -0.3 is 10.1 Å². The van der Waals surface area contributed by atoms with E-state index in [-0.39, 0.29) is 27.7 Å². The SMILES string of the molecule is COc1ccc(C)cc1N(CC(=O)Nc1ccc(S(=O)(=O)Nc2cccc(C(F)(F)F)c2)cc1)S(C)(=O)=O. The number of methoxy groups -OCH3 is 1. The predicted molar refractivity (Wildman–Crippen MR) is 137 cm³/mol. The van der Waals surface area contributed by atoms with Gasteiger partial charge in [0.05, 0.1) is 29.5 Å². The van der Waals surface area contributed by atoms with Crippen LogP contribution < -0.4 is 19.1 Å². The van der Waals surface area contributed by atoms with E-state index in [1.54, 1.807) is 25.1 Å². The lowest BCUT2D eigenvalue weighted by molar-refractivity contribution is -0.137. The Labute approximate surface area is 218 Å². The summed E-state index contributed by atoms with van der Waals surface area (Å²) in [4.78, 5) is 12.4. The molecule has 204 valence electrons. The van der Waals surface area contributed by atoms with Crippen LogP contribution in [0.3, 0.4) is 0 Å². The van der Waals surface area contributed by atoms with Gasteiger partial charge in [-0.3, -0.25) is 13.8 Å². The van der Waals surface area contributed by atoms with Gasteiger partial charge in [0.15, 0.2) is 0 Å². The molecule has 3 aromatic rings. The Bertz CT molecular complexity index is 1540. The summed E-state index contributed by atoms with van der Waals surface area (Å²) in [5, 5.41) is 2.49. The van der Waals surface area contributed by atoms with Crippen LogP contribution in [0.25, 0.3) is 0 Å². The summed E-state index contributed by atoms with van der Waals surface area (Å²) >= 11 is 0. The molecule has 0 aliphatic rings. The minimum atomic E-state index is -4.64. The van der Waals surface area contributed by atoms with Gasteiger partial charge in [-0.15, -0.1) is 0 Å². The van der Waals surface area contributed by atoms with Gasteiger partial charge in [-0.2, -0.15) is 13.2 Å². The third-order valence-corrected chi connectivity index (χ3v) is 7.70. The summed E-state index contributed by atoms with van der Waals surface area (Å²) in [6.45, 7) is 1.16. The molecule has 1 amide bonds. The summed E-state index contributed by atoms with van der Waals surface area (Å²) in [6, 6.07) is 13.4. The first kappa shape index (κ1) is 28.8. The van der Waals surface area contributed by atoms with E-state index in [4.69, 9.17) is 4.74 Å². The third-order valence-electron chi connectivity index (χ3n) is 5.18. The van der Waals surface area contributed by atoms with Crippen LogP contribution in [0.15, 0.2) is 71.6 Å². The zero-order valence-corrected chi connectivity index (χ0v) is 22.0. The summed E-state index contributed by atoms with van der Waals surface area (Å²) in [6.07, 6.45) is -3.70. The Kier molecular flexibility index (Phi) is 8.27. The van der Waals surface area contributed by atoms with Gasteiger partial charge in [-0.25, -0.2) is 16.8 Å². The molecule has 0 spiro atoms. The molecule has 0 radical (unpaired) electrons. The molecule has 0 aromatic heterocycles. The number of anilines is 3. The molecule has 0 aliphatic heterocycles. The van der Waals surface area contributed by atoms with Gasteiger partial charge in [0.1, 0.15) is 12.3 Å². The van der Waals surface area contributed by atoms with Gasteiger partial charge >= 0.3 is 6.18 Å². The smallest absolute Gasteiger partial charge is 0.416 e. The molecule has 0 bridgehead atoms. The third kappa shape index (κ3) is 7.16. The average Bonchev–Trinajstić information content (AvgIpc) is 2.81. The number of ether oxygens (including phenoxy) is 1. The Morgan fingerprint density at radius 2 is 1.61 bits per heavy atom. The molecule has 14 heteroatoms. The lowest BCUT2D eigenvalue weighted by atomic mass is 10.2. The number of nitrogens with one attached hydrogen (secondary N) is 2. The van der Waals surface area contributed by atoms with E-state index in [1.807, 2.05) is 0 Å². The van der Waals surface area contributed by atoms with E-state index in [1.165, 1.54) is 25.3 Å². The van der Waals surface area contributed by atoms with E-state index in [9.17, 15) is 34.8 Å². The van der Waals surface area contributed by atoms with Crippen molar-refractivity contribution in [3.8, 4) is 5.75 Å². The number of hydrogen-bond donors (Lipinski definition) is 2. The molecule has 0 aliphatic carbocycles. The molecular weight excluding hydrogens is 547 g/mol. The highest BCUT2D eigenvalue weighted by molar-refractivity contribution is 7.92. The second kappa shape index (κ2) is 10.9. The maximum absolute atomic E-state index is 12.9. The molecular formula is C24H24F3N3O6S2. The number of hydrogen-bond acceptors (Lipinski definition) is 6. The highest BCUT2D eigenvalue weighted by atomic mass is 32.2. The van der Waals surface area contributed by atoms with Crippen LogP contribution in [0, 0.1) is 6.92 Å². The summed E-state index contributed by atoms with van der Waals surface area (Å²) in [7, 11) is -6.76. The number of aryl methyl sites for hydroxylation is 1. The fourth-order valence-corrected chi connectivity index (χ4v) is 5.30. The van der Waals surface area contributed by atoms with Gasteiger partial charge in [-0.1, -0.05) is 12.1 Å². The highest BCUT2D eigenvalue weighted by Crippen LogP contribution is 2.32. The average molecular weight is 572 g/mol. The van der Waals surface area contributed by atoms with E-state index < -0.39 is 44.2 Å². The lowest BCUT2D eigenvalue weighted by Gasteiger charge is -2.24. The number of halogens is 3. The highest BCUT2D eigenvalue weighted by Gasteiger charge is 2.31. The van der Waals surface area contributed by atoms with E-state index >= 15 is 0 Å². The number of carbonyl (C=O) groups excluding carboxylic acids is 1. The monoisotopic (exact) mass is 571 g/mol. The van der Waals surface area contributed by atoms with Crippen LogP contribution in [-0.4, -0.2) is 42.7 Å². The first-order valence-corrected chi connectivity index (χ1v) is 14.2. The van der Waals surface area contributed by atoms with Gasteiger partial charge in [0, 0.05) is 11.4 Å². The Balaban J connectivity index is 1.75. The number of carbonyl (C=O) groups is 1. The van der Waals surface area contributed by atoms with Crippen molar-refractivity contribution in [3.63, 3.8) is 0 Å². The standard InChI is InChI=1S/C24H24F3N3O6S2/c1-16-7-12-22(36-2)21(13-16)30(37(3,32)33)15-23(31)28-18-8-10-20(11-9-18)38(34,35)29-19-6-4-5-17(14-19)24(25,26)27/h4-14,29H,15H2,1-3H3,(H,28,31). The van der Waals surface area contributed by atoms with Crippen molar-refractivity contribution in [2.75, 3.05) is 34.3 Å². The van der Waals surface area contributed by atoms with Crippen molar-refractivity contribution in [1.29, 1.82) is 0 Å². The number of nitrogens with zero attached hydrogens (tertiary/aromatic N) is 1. The van der Waals surface area contributed by atoms with Crippen LogP contribution in [0.2, 0.25) is 0 Å². The fraction of sp³-hybridized carbons (Fsp3) is 0.208. The molecule has 3 rings (SSSR count). The minimum Gasteiger partial charge on any atom is -0.495 e. The Morgan fingerprint density at radius 3 is 2.18 bits per heavy atom. The van der Waals surface area contributed by atoms with Crippen molar-refractivity contribution < 1.29 is 39.5 Å². The second-order valence-electron chi connectivity index (χ2n) is 8.20. The summed E-state index contributed by atoms with van der Waals surface area (Å²) in [5.74, 6) is -0.465. The van der Waals surface area contributed by atoms with Crippen LogP contribution >= 0.6 is 0 Å². The zero-order valence-electron chi connectivity index (χ0n) is 20.4. The summed E-state index contributed by atoms with van der Waals surface area (Å²) in [5.41, 5.74) is -0.206. The van der Waals surface area contributed by atoms with Crippen LogP contribution in [0.4, 0.5) is 30.2 Å². The van der Waals surface area contributed by atoms with Gasteiger partial charge in [0.2, 0.25) is 15.9 Å². The quantitative estimate of drug-likeness (QED) is 0.397. The maximum Gasteiger partial charge on any atom is 0.416 e. The molecule has 0 fully saturated rings. The van der Waals surface area contributed by atoms with Crippen molar-refractivity contribution >= 4 is 43.0 Å². The number of rotatable bonds is 9. The van der Waals surface area contributed by atoms with Crippen molar-refractivity contribution in [2.24, 2.45) is 0 Å². The summed E-state index contributed by atoms with van der Waals surface area (Å²) < 4.78 is 97.1. The molecule has 0 heterocycles. The van der Waals surface area contributed by atoms with Crippen LogP contribution in [0.1, 0.15) is 11.1 Å². The minimum absolute atomic E-state index is 0.165. The first-order chi connectivity index (χ1) is 17.6. The van der Waals surface area contributed by atoms with Crippen LogP contribution in [-0.2, 0) is 31.0 Å². The number of sulfonamides is 2. The Morgan fingerprint density at radius 1 is 0.947 bits per heavy atom. The lowest BCUT2D eigenvalue weighted by Crippen LogP contribution is -2.37. The zero-order chi connectivity index (χ0) is 28.3. The van der Waals surface area contributed by atoms with Gasteiger partial charge in [-0.05, 0) is 67.1 Å². The fourth-order valence-electron chi connectivity index (χ4n) is 3.40. The van der Waals surface area contributed by atoms with Crippen LogP contribution in [0.5, 0.6) is 5.75 Å². The molecule has 0 saturated carbocycles. The largest absolute Gasteiger partial charge is 0.495 e. The maximum atomic E-state index is 12.9. The van der Waals surface area contributed by atoms with Crippen molar-refractivity contribution in [1.82, 2.24) is 0 Å². The first-order valence-electron chi connectivity index (χ1n) is 10.8. The molecule has 2 N–H and O–H groups in total. The molecule has 9 nitrogen and oxygen atoms in total. The molecule has 3 aromatic carbocycles.